The van der Waals surface area contributed by atoms with Crippen molar-refractivity contribution in [1.82, 2.24) is 9.55 Å². The van der Waals surface area contributed by atoms with Crippen molar-refractivity contribution in [3.05, 3.63) is 89.2 Å². The molecule has 0 radical (unpaired) electrons. The van der Waals surface area contributed by atoms with Crippen molar-refractivity contribution in [1.29, 1.82) is 0 Å². The Kier molecular flexibility index (Phi) is 5.47. The Morgan fingerprint density at radius 3 is 2.23 bits per heavy atom. The van der Waals surface area contributed by atoms with Crippen LogP contribution in [-0.2, 0) is 19.3 Å². The van der Waals surface area contributed by atoms with Crippen molar-refractivity contribution >= 4 is 16.7 Å². The molecule has 0 aliphatic rings. The molecular formula is C22H17F5N3O+. The molecule has 0 saturated heterocycles. The Morgan fingerprint density at radius 1 is 0.935 bits per heavy atom. The van der Waals surface area contributed by atoms with Crippen LogP contribution in [0.5, 0.6) is 0 Å². The van der Waals surface area contributed by atoms with E-state index >= 15 is 0 Å². The number of alkyl halides is 3. The minimum atomic E-state index is -4.69. The summed E-state index contributed by atoms with van der Waals surface area (Å²) in [6, 6.07) is 14.1. The first-order valence-corrected chi connectivity index (χ1v) is 9.34. The summed E-state index contributed by atoms with van der Waals surface area (Å²) in [5, 5.41) is 10.8. The SMILES string of the molecule is OCc1ccc2c(c1)nc(C(F)(F)F)n2-c1ccc([NH2+]Cc2c(F)cccc2F)cc1. The van der Waals surface area contributed by atoms with Crippen LogP contribution in [0.15, 0.2) is 60.7 Å². The summed E-state index contributed by atoms with van der Waals surface area (Å²) in [6.45, 7) is -0.305. The minimum absolute atomic E-state index is 0.00357. The quantitative estimate of drug-likeness (QED) is 0.365. The van der Waals surface area contributed by atoms with E-state index in [1.54, 1.807) is 17.4 Å². The number of benzene rings is 3. The molecule has 3 aromatic carbocycles. The van der Waals surface area contributed by atoms with Crippen LogP contribution in [0.2, 0.25) is 0 Å². The highest BCUT2D eigenvalue weighted by molar-refractivity contribution is 5.79. The number of aliphatic hydroxyl groups is 1. The van der Waals surface area contributed by atoms with Gasteiger partial charge < -0.3 is 10.4 Å². The van der Waals surface area contributed by atoms with Gasteiger partial charge in [0.1, 0.15) is 23.9 Å². The number of aliphatic hydroxyl groups excluding tert-OH is 1. The van der Waals surface area contributed by atoms with Crippen LogP contribution < -0.4 is 5.32 Å². The van der Waals surface area contributed by atoms with Gasteiger partial charge in [-0.1, -0.05) is 12.1 Å². The second kappa shape index (κ2) is 8.09. The lowest BCUT2D eigenvalue weighted by Gasteiger charge is -2.12. The molecule has 9 heteroatoms. The monoisotopic (exact) mass is 434 g/mol. The van der Waals surface area contributed by atoms with Crippen LogP contribution in [0.3, 0.4) is 0 Å². The Morgan fingerprint density at radius 2 is 1.61 bits per heavy atom. The molecule has 0 fully saturated rings. The molecule has 4 rings (SSSR count). The Bertz CT molecular complexity index is 1210. The molecule has 4 nitrogen and oxygen atoms in total. The first kappa shape index (κ1) is 21.0. The molecule has 31 heavy (non-hydrogen) atoms. The highest BCUT2D eigenvalue weighted by Crippen LogP contribution is 2.34. The van der Waals surface area contributed by atoms with E-state index in [4.69, 9.17) is 0 Å². The number of fused-ring (bicyclic) bond motifs is 1. The summed E-state index contributed by atoms with van der Waals surface area (Å²) in [7, 11) is 0. The first-order valence-electron chi connectivity index (χ1n) is 9.34. The fourth-order valence-corrected chi connectivity index (χ4v) is 3.38. The Labute approximate surface area is 173 Å². The van der Waals surface area contributed by atoms with Gasteiger partial charge in [0.2, 0.25) is 5.82 Å². The van der Waals surface area contributed by atoms with Crippen molar-refractivity contribution in [3.8, 4) is 5.69 Å². The number of quaternary nitrogens is 1. The molecule has 1 heterocycles. The average Bonchev–Trinajstić information content (AvgIpc) is 3.13. The number of rotatable bonds is 5. The van der Waals surface area contributed by atoms with Crippen molar-refractivity contribution < 1.29 is 32.4 Å². The van der Waals surface area contributed by atoms with Crippen molar-refractivity contribution in [2.24, 2.45) is 0 Å². The molecule has 4 aromatic rings. The molecular weight excluding hydrogens is 417 g/mol. The van der Waals surface area contributed by atoms with Crippen LogP contribution in [0, 0.1) is 11.6 Å². The molecule has 0 atom stereocenters. The molecule has 0 amide bonds. The molecule has 0 spiro atoms. The topological polar surface area (TPSA) is 54.7 Å². The van der Waals surface area contributed by atoms with Gasteiger partial charge in [0, 0.05) is 17.8 Å². The maximum atomic E-state index is 13.8. The fraction of sp³-hybridized carbons (Fsp3) is 0.136. The van der Waals surface area contributed by atoms with Crippen molar-refractivity contribution in [2.45, 2.75) is 19.3 Å². The van der Waals surface area contributed by atoms with Crippen LogP contribution in [-0.4, -0.2) is 14.7 Å². The first-order chi connectivity index (χ1) is 14.8. The fourth-order valence-electron chi connectivity index (χ4n) is 3.38. The zero-order chi connectivity index (χ0) is 22.2. The highest BCUT2D eigenvalue weighted by Gasteiger charge is 2.38. The number of hydrogen-bond donors (Lipinski definition) is 2. The molecule has 0 aliphatic carbocycles. The highest BCUT2D eigenvalue weighted by atomic mass is 19.4. The summed E-state index contributed by atoms with van der Waals surface area (Å²) in [5.41, 5.74) is 1.58. The third-order valence-corrected chi connectivity index (χ3v) is 4.91. The number of hydrogen-bond acceptors (Lipinski definition) is 2. The number of halogens is 5. The van der Waals surface area contributed by atoms with Gasteiger partial charge in [-0.3, -0.25) is 4.57 Å². The van der Waals surface area contributed by atoms with Gasteiger partial charge in [0.05, 0.1) is 23.2 Å². The Hall–Kier alpha value is -3.30. The predicted molar refractivity (Wildman–Crippen MR) is 104 cm³/mol. The Balaban J connectivity index is 1.67. The third kappa shape index (κ3) is 4.14. The maximum absolute atomic E-state index is 13.8. The zero-order valence-corrected chi connectivity index (χ0v) is 16.0. The lowest BCUT2D eigenvalue weighted by molar-refractivity contribution is -0.589. The van der Waals surface area contributed by atoms with E-state index in [-0.39, 0.29) is 35.4 Å². The summed E-state index contributed by atoms with van der Waals surface area (Å²) < 4.78 is 69.4. The normalized spacial score (nSPS) is 11.9. The third-order valence-electron chi connectivity index (χ3n) is 4.91. The van der Waals surface area contributed by atoms with Crippen molar-refractivity contribution in [2.75, 3.05) is 0 Å². The van der Waals surface area contributed by atoms with E-state index in [2.05, 4.69) is 4.98 Å². The summed E-state index contributed by atoms with van der Waals surface area (Å²) in [4.78, 5) is 3.72. The van der Waals surface area contributed by atoms with E-state index in [1.165, 1.54) is 48.5 Å². The summed E-state index contributed by atoms with van der Waals surface area (Å²) >= 11 is 0. The average molecular weight is 434 g/mol. The van der Waals surface area contributed by atoms with Gasteiger partial charge in [-0.15, -0.1) is 0 Å². The molecule has 1 aromatic heterocycles. The van der Waals surface area contributed by atoms with Crippen LogP contribution >= 0.6 is 0 Å². The van der Waals surface area contributed by atoms with Gasteiger partial charge in [-0.25, -0.2) is 13.8 Å². The second-order valence-corrected chi connectivity index (χ2v) is 6.95. The second-order valence-electron chi connectivity index (χ2n) is 6.95. The molecule has 0 aliphatic heterocycles. The summed E-state index contributed by atoms with van der Waals surface area (Å²) in [5.74, 6) is -2.40. The van der Waals surface area contributed by atoms with E-state index in [9.17, 15) is 27.1 Å². The van der Waals surface area contributed by atoms with Gasteiger partial charge >= 0.3 is 6.18 Å². The van der Waals surface area contributed by atoms with E-state index in [1.807, 2.05) is 0 Å². The predicted octanol–water partition coefficient (Wildman–Crippen LogP) is 4.21. The standard InChI is InChI=1S/C22H16F5N3O/c23-17-2-1-3-18(24)16(17)11-28-14-5-7-15(8-6-14)30-20-9-4-13(12-31)10-19(20)29-21(30)22(25,26)27/h1-10,28,31H,11-12H2/p+1. The number of imidazole rings is 1. The molecule has 3 N–H and O–H groups in total. The van der Waals surface area contributed by atoms with Crippen LogP contribution in [0.4, 0.5) is 27.6 Å². The molecule has 0 unspecified atom stereocenters. The number of aromatic nitrogens is 2. The molecule has 0 bridgehead atoms. The van der Waals surface area contributed by atoms with E-state index in [0.29, 0.717) is 11.3 Å². The lowest BCUT2D eigenvalue weighted by atomic mass is 10.2. The van der Waals surface area contributed by atoms with Crippen molar-refractivity contribution in [3.63, 3.8) is 0 Å². The summed E-state index contributed by atoms with van der Waals surface area (Å²) in [6.07, 6.45) is -4.69. The van der Waals surface area contributed by atoms with Gasteiger partial charge in [-0.2, -0.15) is 13.2 Å². The largest absolute Gasteiger partial charge is 0.450 e. The van der Waals surface area contributed by atoms with Crippen LogP contribution in [0.25, 0.3) is 16.7 Å². The number of nitrogens with zero attached hydrogens (tertiary/aromatic N) is 2. The van der Waals surface area contributed by atoms with Crippen LogP contribution in [0.1, 0.15) is 17.0 Å². The maximum Gasteiger partial charge on any atom is 0.450 e. The van der Waals surface area contributed by atoms with E-state index < -0.39 is 23.6 Å². The van der Waals surface area contributed by atoms with Gasteiger partial charge in [0.25, 0.3) is 0 Å². The molecule has 0 saturated carbocycles. The van der Waals surface area contributed by atoms with Gasteiger partial charge in [0.15, 0.2) is 0 Å². The minimum Gasteiger partial charge on any atom is -0.392 e. The van der Waals surface area contributed by atoms with E-state index in [0.717, 1.165) is 4.57 Å². The zero-order valence-electron chi connectivity index (χ0n) is 16.0. The molecule has 160 valence electrons. The number of nitrogens with two attached hydrogens (primary N) is 1. The smallest absolute Gasteiger partial charge is 0.392 e. The lowest BCUT2D eigenvalue weighted by Crippen LogP contribution is -2.76. The van der Waals surface area contributed by atoms with Gasteiger partial charge in [-0.05, 0) is 42.0 Å².